The first-order chi connectivity index (χ1) is 21.7. The molecule has 2 unspecified atom stereocenters. The number of aryl methyl sites for hydroxylation is 1. The van der Waals surface area contributed by atoms with E-state index in [4.69, 9.17) is 9.47 Å². The Morgan fingerprint density at radius 1 is 1.02 bits per heavy atom. The van der Waals surface area contributed by atoms with E-state index in [0.717, 1.165) is 33.6 Å². The maximum atomic E-state index is 14.2. The van der Waals surface area contributed by atoms with Crippen LogP contribution in [0.4, 0.5) is 11.4 Å². The maximum Gasteiger partial charge on any atom is 0.338 e. The Balaban J connectivity index is 1.34. The number of hydrogen-bond acceptors (Lipinski definition) is 9. The summed E-state index contributed by atoms with van der Waals surface area (Å²) in [5.41, 5.74) is 2.75. The summed E-state index contributed by atoms with van der Waals surface area (Å²) in [6.07, 6.45) is 0. The molecule has 0 aliphatic carbocycles. The van der Waals surface area contributed by atoms with E-state index >= 15 is 0 Å². The van der Waals surface area contributed by atoms with Gasteiger partial charge in [0.15, 0.2) is 6.61 Å². The Bertz CT molecular complexity index is 1890. The Morgan fingerprint density at radius 2 is 1.78 bits per heavy atom. The number of rotatable bonds is 8. The van der Waals surface area contributed by atoms with Crippen molar-refractivity contribution in [3.63, 3.8) is 0 Å². The number of carbonyl (C=O) groups is 4. The second-order valence-electron chi connectivity index (χ2n) is 10.4. The maximum absolute atomic E-state index is 14.2. The summed E-state index contributed by atoms with van der Waals surface area (Å²) < 4.78 is 11.8. The molecule has 230 valence electrons. The molecule has 45 heavy (non-hydrogen) atoms. The van der Waals surface area contributed by atoms with Crippen LogP contribution in [0.25, 0.3) is 0 Å². The molecule has 2 aliphatic rings. The van der Waals surface area contributed by atoms with Crippen molar-refractivity contribution in [2.75, 3.05) is 23.4 Å². The number of aromatic amines is 1. The number of halogens is 1. The van der Waals surface area contributed by atoms with Gasteiger partial charge in [0.25, 0.3) is 5.91 Å². The highest BCUT2D eigenvalue weighted by Gasteiger charge is 2.57. The lowest BCUT2D eigenvalue weighted by molar-refractivity contribution is -0.122. The average molecular weight is 709 g/mol. The van der Waals surface area contributed by atoms with Crippen LogP contribution in [0, 0.1) is 12.8 Å². The number of thioether (sulfide) groups is 1. The van der Waals surface area contributed by atoms with Gasteiger partial charge >= 0.3 is 10.8 Å². The van der Waals surface area contributed by atoms with Gasteiger partial charge in [-0.05, 0) is 67.9 Å². The van der Waals surface area contributed by atoms with E-state index in [9.17, 15) is 24.0 Å². The van der Waals surface area contributed by atoms with Crippen molar-refractivity contribution in [3.8, 4) is 5.75 Å². The second kappa shape index (κ2) is 12.7. The number of nitrogens with one attached hydrogen (secondary N) is 2. The molecule has 4 aromatic rings. The van der Waals surface area contributed by atoms with Crippen LogP contribution in [-0.2, 0) is 19.1 Å². The van der Waals surface area contributed by atoms with Gasteiger partial charge in [0.05, 0.1) is 28.8 Å². The van der Waals surface area contributed by atoms with Gasteiger partial charge in [-0.2, -0.15) is 0 Å². The molecular weight excluding hydrogens is 682 g/mol. The van der Waals surface area contributed by atoms with Crippen molar-refractivity contribution in [3.05, 3.63) is 102 Å². The summed E-state index contributed by atoms with van der Waals surface area (Å²) in [6, 6.07) is 18.7. The molecule has 3 aromatic carbocycles. The van der Waals surface area contributed by atoms with Crippen LogP contribution in [0.1, 0.15) is 39.2 Å². The lowest BCUT2D eigenvalue weighted by Gasteiger charge is -2.31. The largest absolute Gasteiger partial charge is 0.483 e. The number of amides is 3. The van der Waals surface area contributed by atoms with E-state index in [1.807, 2.05) is 25.1 Å². The number of ether oxygens (including phenoxy) is 2. The van der Waals surface area contributed by atoms with Crippen LogP contribution >= 0.6 is 39.0 Å². The quantitative estimate of drug-likeness (QED) is 0.181. The zero-order valence-electron chi connectivity index (χ0n) is 24.0. The molecular formula is C32H26BrN3O7S2. The number of carbonyl (C=O) groups excluding carboxylic acids is 4. The standard InChI is InChI=1S/C32H26BrN3O7S2/c1-3-42-31(40)17-8-11-19(12-9-17)36-29(38)25-24(26-28(35-32(41)45-26)44-27(25)30(36)39)20-14-18(33)10-13-22(20)43-15-23(37)34-21-7-5-4-6-16(21)2/h4-14,24-25,27H,3,15H2,1-2H3,(H,34,37)(H,35,41)/t24-,25?,27?/m1/s1. The third kappa shape index (κ3) is 5.95. The number of imide groups is 1. The number of benzene rings is 3. The lowest BCUT2D eigenvalue weighted by Crippen LogP contribution is -2.32. The van der Waals surface area contributed by atoms with Crippen LogP contribution in [0.3, 0.4) is 0 Å². The number of esters is 1. The number of H-pyrrole nitrogens is 1. The third-order valence-electron chi connectivity index (χ3n) is 7.55. The molecule has 0 saturated carbocycles. The number of anilines is 2. The van der Waals surface area contributed by atoms with Crippen LogP contribution in [-0.4, -0.2) is 47.1 Å². The Morgan fingerprint density at radius 3 is 2.51 bits per heavy atom. The van der Waals surface area contributed by atoms with Crippen LogP contribution in [0.2, 0.25) is 0 Å². The van der Waals surface area contributed by atoms with Gasteiger partial charge in [-0.1, -0.05) is 57.2 Å². The molecule has 3 amide bonds. The van der Waals surface area contributed by atoms with Crippen molar-refractivity contribution in [2.24, 2.45) is 5.92 Å². The summed E-state index contributed by atoms with van der Waals surface area (Å²) in [6.45, 7) is 3.51. The molecule has 1 fully saturated rings. The highest BCUT2D eigenvalue weighted by Crippen LogP contribution is 2.54. The Hall–Kier alpha value is -4.20. The van der Waals surface area contributed by atoms with Gasteiger partial charge in [0.1, 0.15) is 11.0 Å². The topological polar surface area (TPSA) is 135 Å². The fourth-order valence-corrected chi connectivity index (χ4v) is 8.39. The minimum absolute atomic E-state index is 0.219. The normalized spacial score (nSPS) is 18.7. The number of para-hydroxylation sites is 1. The molecule has 2 N–H and O–H groups in total. The fraction of sp³-hybridized carbons (Fsp3) is 0.219. The summed E-state index contributed by atoms with van der Waals surface area (Å²) in [5.74, 6) is -3.00. The zero-order valence-corrected chi connectivity index (χ0v) is 27.2. The van der Waals surface area contributed by atoms with Crippen LogP contribution in [0.5, 0.6) is 5.75 Å². The van der Waals surface area contributed by atoms with Gasteiger partial charge in [0.2, 0.25) is 11.8 Å². The highest BCUT2D eigenvalue weighted by molar-refractivity contribution is 9.10. The van der Waals surface area contributed by atoms with Crippen molar-refractivity contribution < 1.29 is 28.7 Å². The molecule has 2 aliphatic heterocycles. The summed E-state index contributed by atoms with van der Waals surface area (Å²) >= 11 is 5.65. The minimum Gasteiger partial charge on any atom is -0.483 e. The fourth-order valence-electron chi connectivity index (χ4n) is 5.50. The smallest absolute Gasteiger partial charge is 0.338 e. The van der Waals surface area contributed by atoms with Crippen molar-refractivity contribution >= 4 is 74.1 Å². The third-order valence-corrected chi connectivity index (χ3v) is 10.4. The average Bonchev–Trinajstić information content (AvgIpc) is 3.51. The highest BCUT2D eigenvalue weighted by atomic mass is 79.9. The van der Waals surface area contributed by atoms with E-state index in [1.165, 1.54) is 24.3 Å². The first-order valence-electron chi connectivity index (χ1n) is 14.0. The number of hydrogen-bond donors (Lipinski definition) is 2. The van der Waals surface area contributed by atoms with E-state index in [1.54, 1.807) is 31.2 Å². The van der Waals surface area contributed by atoms with E-state index in [2.05, 4.69) is 26.2 Å². The monoisotopic (exact) mass is 707 g/mol. The minimum atomic E-state index is -0.872. The summed E-state index contributed by atoms with van der Waals surface area (Å²) in [4.78, 5) is 69.8. The first kappa shape index (κ1) is 30.8. The number of thiazole rings is 1. The van der Waals surface area contributed by atoms with Gasteiger partial charge in [-0.3, -0.25) is 19.2 Å². The van der Waals surface area contributed by atoms with Crippen molar-refractivity contribution in [2.45, 2.75) is 30.0 Å². The molecule has 0 spiro atoms. The van der Waals surface area contributed by atoms with Crippen molar-refractivity contribution in [1.29, 1.82) is 0 Å². The van der Waals surface area contributed by atoms with E-state index in [0.29, 0.717) is 42.6 Å². The summed E-state index contributed by atoms with van der Waals surface area (Å²) in [7, 11) is 0. The molecule has 6 rings (SSSR count). The molecule has 1 saturated heterocycles. The van der Waals surface area contributed by atoms with E-state index < -0.39 is 34.9 Å². The molecule has 0 bridgehead atoms. The van der Waals surface area contributed by atoms with Gasteiger partial charge in [0, 0.05) is 26.5 Å². The zero-order chi connectivity index (χ0) is 31.8. The Kier molecular flexibility index (Phi) is 8.67. The van der Waals surface area contributed by atoms with E-state index in [-0.39, 0.29) is 24.0 Å². The van der Waals surface area contributed by atoms with Crippen LogP contribution < -0.4 is 19.8 Å². The summed E-state index contributed by atoms with van der Waals surface area (Å²) in [5, 5.41) is 2.53. The Labute approximate surface area is 274 Å². The SMILES string of the molecule is CCOC(=O)c1ccc(N2C(=O)C3Sc4[nH]c(=O)sc4[C@H](c4cc(Br)ccc4OCC(=O)Nc4ccccc4C)C3C2=O)cc1. The molecule has 13 heteroatoms. The molecule has 3 heterocycles. The number of nitrogens with zero attached hydrogens (tertiary/aromatic N) is 1. The molecule has 10 nitrogen and oxygen atoms in total. The number of aromatic nitrogens is 1. The molecule has 3 atom stereocenters. The van der Waals surface area contributed by atoms with Gasteiger partial charge < -0.3 is 19.8 Å². The lowest BCUT2D eigenvalue weighted by atomic mass is 9.82. The van der Waals surface area contributed by atoms with Crippen molar-refractivity contribution in [1.82, 2.24) is 4.98 Å². The number of fused-ring (bicyclic) bond motifs is 2. The second-order valence-corrected chi connectivity index (χ2v) is 13.4. The van der Waals surface area contributed by atoms with Gasteiger partial charge in [-0.25, -0.2) is 9.69 Å². The van der Waals surface area contributed by atoms with Crippen LogP contribution in [0.15, 0.2) is 81.0 Å². The predicted molar refractivity (Wildman–Crippen MR) is 174 cm³/mol. The molecule has 0 radical (unpaired) electrons. The van der Waals surface area contributed by atoms with Gasteiger partial charge in [-0.15, -0.1) is 0 Å². The molecule has 1 aromatic heterocycles. The first-order valence-corrected chi connectivity index (χ1v) is 16.5. The predicted octanol–water partition coefficient (Wildman–Crippen LogP) is 5.50.